The van der Waals surface area contributed by atoms with E-state index in [1.807, 2.05) is 0 Å². The second kappa shape index (κ2) is 12.4. The van der Waals surface area contributed by atoms with Gasteiger partial charge in [0.05, 0.1) is 28.9 Å². The molecule has 1 saturated heterocycles. The van der Waals surface area contributed by atoms with Crippen molar-refractivity contribution in [1.82, 2.24) is 30.3 Å². The van der Waals surface area contributed by atoms with Gasteiger partial charge < -0.3 is 10.4 Å². The lowest BCUT2D eigenvalue weighted by Crippen LogP contribution is -2.49. The number of halogens is 4. The average Bonchev–Trinajstić information content (AvgIpc) is 3.45. The van der Waals surface area contributed by atoms with E-state index in [0.717, 1.165) is 30.2 Å². The van der Waals surface area contributed by atoms with E-state index in [-0.39, 0.29) is 11.6 Å². The highest BCUT2D eigenvalue weighted by atomic mass is 19.4. The highest BCUT2D eigenvalue weighted by Crippen LogP contribution is 2.30. The van der Waals surface area contributed by atoms with Gasteiger partial charge in [0.2, 0.25) is 0 Å². The number of nitrogens with one attached hydrogen (secondary N) is 1. The number of nitrogens with zero attached hydrogens (tertiary/aromatic N) is 7. The molecule has 1 fully saturated rings. The van der Waals surface area contributed by atoms with Crippen LogP contribution in [0.4, 0.5) is 23.4 Å². The van der Waals surface area contributed by atoms with Crippen LogP contribution in [0.25, 0.3) is 27.6 Å². The number of carbonyl (C=O) groups excluding carboxylic acids is 1. The largest absolute Gasteiger partial charge is 0.490 e. The van der Waals surface area contributed by atoms with Gasteiger partial charge >= 0.3 is 12.1 Å². The van der Waals surface area contributed by atoms with Gasteiger partial charge in [-0.15, -0.1) is 5.10 Å². The Bertz CT molecular complexity index is 1900. The van der Waals surface area contributed by atoms with Gasteiger partial charge in [0.1, 0.15) is 17.2 Å². The number of benzene rings is 2. The molecule has 2 N–H and O–H groups in total. The molecule has 15 heteroatoms. The molecule has 0 bridgehead atoms. The molecule has 1 aliphatic rings. The average molecular weight is 607 g/mol. The quantitative estimate of drug-likeness (QED) is 0.284. The molecule has 0 spiro atoms. The third-order valence-electron chi connectivity index (χ3n) is 6.83. The number of piperidine rings is 1. The predicted octanol–water partition coefficient (Wildman–Crippen LogP) is 4.41. The first-order valence-corrected chi connectivity index (χ1v) is 13.2. The molecule has 3 aromatic heterocycles. The summed E-state index contributed by atoms with van der Waals surface area (Å²) in [6, 6.07) is 16.9. The number of hydrogen-bond acceptors (Lipinski definition) is 8. The van der Waals surface area contributed by atoms with Crippen molar-refractivity contribution in [1.29, 1.82) is 5.26 Å². The zero-order chi connectivity index (χ0) is 31.4. The van der Waals surface area contributed by atoms with E-state index in [1.165, 1.54) is 16.8 Å². The van der Waals surface area contributed by atoms with Crippen molar-refractivity contribution in [2.24, 2.45) is 0 Å². The first-order valence-electron chi connectivity index (χ1n) is 13.2. The molecule has 0 unspecified atom stereocenters. The zero-order valence-electron chi connectivity index (χ0n) is 22.7. The fourth-order valence-corrected chi connectivity index (χ4v) is 4.79. The summed E-state index contributed by atoms with van der Waals surface area (Å²) in [4.78, 5) is 33.3. The Labute approximate surface area is 246 Å². The number of anilines is 1. The van der Waals surface area contributed by atoms with E-state index in [1.54, 1.807) is 59.8 Å². The Hall–Kier alpha value is -5.49. The number of fused-ring (bicyclic) bond motifs is 2. The molecule has 224 valence electrons. The number of carboxylic acid groups (broad SMARTS) is 1. The lowest BCUT2D eigenvalue weighted by Gasteiger charge is -2.34. The summed E-state index contributed by atoms with van der Waals surface area (Å²) in [5.74, 6) is -3.48. The van der Waals surface area contributed by atoms with E-state index in [0.29, 0.717) is 34.8 Å². The number of hydrogen-bond donors (Lipinski definition) is 2. The van der Waals surface area contributed by atoms with Gasteiger partial charge in [0.25, 0.3) is 5.91 Å². The molecule has 1 aliphatic heterocycles. The number of rotatable bonds is 4. The van der Waals surface area contributed by atoms with Crippen LogP contribution in [0.15, 0.2) is 67.0 Å². The first-order chi connectivity index (χ1) is 21.1. The summed E-state index contributed by atoms with van der Waals surface area (Å²) in [5, 5.41) is 29.4. The molecule has 2 aromatic carbocycles. The minimum Gasteiger partial charge on any atom is -0.475 e. The van der Waals surface area contributed by atoms with Gasteiger partial charge in [-0.1, -0.05) is 5.21 Å². The maximum atomic E-state index is 15.5. The Morgan fingerprint density at radius 2 is 1.89 bits per heavy atom. The topological polar surface area (TPSA) is 150 Å². The van der Waals surface area contributed by atoms with Gasteiger partial charge in [-0.25, -0.2) is 19.2 Å². The van der Waals surface area contributed by atoms with Crippen LogP contribution in [0.5, 0.6) is 0 Å². The Morgan fingerprint density at radius 3 is 2.57 bits per heavy atom. The summed E-state index contributed by atoms with van der Waals surface area (Å²) in [6.45, 7) is 1.42. The Kier molecular flexibility index (Phi) is 8.45. The van der Waals surface area contributed by atoms with E-state index in [2.05, 4.69) is 31.7 Å². The molecule has 0 radical (unpaired) electrons. The summed E-state index contributed by atoms with van der Waals surface area (Å²) in [6.07, 6.45) is -0.226. The summed E-state index contributed by atoms with van der Waals surface area (Å²) in [7, 11) is 0. The van der Waals surface area contributed by atoms with Crippen molar-refractivity contribution in [2.75, 3.05) is 18.0 Å². The second-order valence-electron chi connectivity index (χ2n) is 9.67. The normalized spacial score (nSPS) is 14.8. The molecule has 6 rings (SSSR count). The lowest BCUT2D eigenvalue weighted by atomic mass is 10.0. The van der Waals surface area contributed by atoms with Crippen molar-refractivity contribution < 1.29 is 32.3 Å². The number of carbonyl (C=O) groups is 2. The minimum absolute atomic E-state index is 0.0702. The SMILES string of the molecule is N#Cc1ccc2c(N(C(=O)c3ccc(-n4nnc5cccnc54)cc3F)[C@@H]3CCCNC3)nccc2c1.O=C(O)C(F)(F)F. The molecule has 44 heavy (non-hydrogen) atoms. The van der Waals surface area contributed by atoms with Crippen LogP contribution < -0.4 is 10.2 Å². The molecule has 4 heterocycles. The molecular weight excluding hydrogens is 584 g/mol. The van der Waals surface area contributed by atoms with Crippen molar-refractivity contribution in [2.45, 2.75) is 25.1 Å². The van der Waals surface area contributed by atoms with Crippen molar-refractivity contribution in [3.63, 3.8) is 0 Å². The highest BCUT2D eigenvalue weighted by Gasteiger charge is 2.38. The smallest absolute Gasteiger partial charge is 0.475 e. The second-order valence-corrected chi connectivity index (χ2v) is 9.67. The van der Waals surface area contributed by atoms with Crippen LogP contribution in [0, 0.1) is 17.1 Å². The fraction of sp³-hybridized carbons (Fsp3) is 0.207. The van der Waals surface area contributed by atoms with Crippen LogP contribution in [-0.4, -0.2) is 67.3 Å². The third-order valence-corrected chi connectivity index (χ3v) is 6.83. The summed E-state index contributed by atoms with van der Waals surface area (Å²) in [5.41, 5.74) is 1.93. The van der Waals surface area contributed by atoms with Gasteiger partial charge in [-0.05, 0) is 73.3 Å². The third kappa shape index (κ3) is 6.15. The first kappa shape index (κ1) is 30.0. The monoisotopic (exact) mass is 606 g/mol. The highest BCUT2D eigenvalue weighted by molar-refractivity contribution is 6.10. The van der Waals surface area contributed by atoms with Crippen LogP contribution in [-0.2, 0) is 4.79 Å². The van der Waals surface area contributed by atoms with Crippen LogP contribution in [0.3, 0.4) is 0 Å². The Balaban J connectivity index is 0.000000493. The minimum atomic E-state index is -5.08. The van der Waals surface area contributed by atoms with Gasteiger partial charge in [-0.3, -0.25) is 9.69 Å². The maximum Gasteiger partial charge on any atom is 0.490 e. The molecule has 0 saturated carbocycles. The van der Waals surface area contributed by atoms with E-state index in [9.17, 15) is 23.2 Å². The van der Waals surface area contributed by atoms with Crippen LogP contribution in [0.2, 0.25) is 0 Å². The summed E-state index contributed by atoms with van der Waals surface area (Å²) < 4.78 is 48.7. The van der Waals surface area contributed by atoms with Crippen molar-refractivity contribution in [3.8, 4) is 11.8 Å². The zero-order valence-corrected chi connectivity index (χ0v) is 22.7. The molecule has 1 amide bonds. The van der Waals surface area contributed by atoms with E-state index in [4.69, 9.17) is 9.90 Å². The standard InChI is InChI=1S/C27H21FN8O.C2HF3O2/c28-23-14-19(36-26-24(33-34-36)4-2-11-31-26)6-8-22(23)27(37)35(20-3-1-10-30-16-20)25-21-7-5-17(15-29)13-18(21)9-12-32-25;3-2(4,5)1(6)7/h2,4-9,11-14,20,30H,1,3,10,16H2;(H,6,7)/t20-;/m1./s1. The van der Waals surface area contributed by atoms with Gasteiger partial charge in [0.15, 0.2) is 5.65 Å². The number of pyridine rings is 2. The lowest BCUT2D eigenvalue weighted by molar-refractivity contribution is -0.192. The number of amides is 1. The molecule has 1 atom stereocenters. The van der Waals surface area contributed by atoms with Gasteiger partial charge in [-0.2, -0.15) is 23.1 Å². The number of alkyl halides is 3. The molecule has 0 aliphatic carbocycles. The van der Waals surface area contributed by atoms with Crippen LogP contribution in [0.1, 0.15) is 28.8 Å². The van der Waals surface area contributed by atoms with Crippen molar-refractivity contribution >= 4 is 39.6 Å². The molecule has 5 aromatic rings. The van der Waals surface area contributed by atoms with Gasteiger partial charge in [0, 0.05) is 30.4 Å². The van der Waals surface area contributed by atoms with Crippen molar-refractivity contribution in [3.05, 3.63) is 83.9 Å². The number of aliphatic carboxylic acids is 1. The fourth-order valence-electron chi connectivity index (χ4n) is 4.79. The number of carboxylic acids is 1. The van der Waals surface area contributed by atoms with Crippen LogP contribution >= 0.6 is 0 Å². The Morgan fingerprint density at radius 1 is 1.09 bits per heavy atom. The maximum absolute atomic E-state index is 15.5. The predicted molar refractivity (Wildman–Crippen MR) is 149 cm³/mol. The number of nitriles is 1. The molecular formula is C29H22F4N8O3. The number of aromatic nitrogens is 5. The summed E-state index contributed by atoms with van der Waals surface area (Å²) >= 11 is 0. The van der Waals surface area contributed by atoms with E-state index >= 15 is 4.39 Å². The molecule has 11 nitrogen and oxygen atoms in total. The van der Waals surface area contributed by atoms with E-state index < -0.39 is 23.9 Å².